The first-order valence-corrected chi connectivity index (χ1v) is 5.98. The molecule has 1 rings (SSSR count). The van der Waals surface area contributed by atoms with Crippen LogP contribution in [0.5, 0.6) is 0 Å². The van der Waals surface area contributed by atoms with Gasteiger partial charge >= 0.3 is 0 Å². The van der Waals surface area contributed by atoms with Gasteiger partial charge in [0.05, 0.1) is 5.75 Å². The molecule has 1 amide bonds. The molecule has 0 spiro atoms. The van der Waals surface area contributed by atoms with E-state index >= 15 is 0 Å². The molecule has 1 saturated heterocycles. The molecule has 5 nitrogen and oxygen atoms in total. The fourth-order valence-corrected chi connectivity index (χ4v) is 2.01. The molecule has 1 fully saturated rings. The maximum atomic E-state index is 11.1. The van der Waals surface area contributed by atoms with Gasteiger partial charge in [0.25, 0.3) is 0 Å². The van der Waals surface area contributed by atoms with Crippen molar-refractivity contribution in [1.82, 2.24) is 10.0 Å². The topological polar surface area (TPSA) is 75.3 Å². The van der Waals surface area contributed by atoms with Crippen LogP contribution in [0.4, 0.5) is 0 Å². The fourth-order valence-electron chi connectivity index (χ4n) is 1.18. The monoisotopic (exact) mass is 206 g/mol. The maximum absolute atomic E-state index is 11.1. The minimum Gasteiger partial charge on any atom is -0.355 e. The van der Waals surface area contributed by atoms with Crippen molar-refractivity contribution in [3.8, 4) is 0 Å². The lowest BCUT2D eigenvalue weighted by atomic mass is 10.1. The minimum absolute atomic E-state index is 0.0107. The summed E-state index contributed by atoms with van der Waals surface area (Å²) in [6, 6.07) is -0.571. The van der Waals surface area contributed by atoms with E-state index in [1.165, 1.54) is 0 Å². The van der Waals surface area contributed by atoms with Crippen LogP contribution in [0.15, 0.2) is 0 Å². The van der Waals surface area contributed by atoms with Crippen LogP contribution in [0.25, 0.3) is 0 Å². The van der Waals surface area contributed by atoms with Gasteiger partial charge in [-0.15, -0.1) is 0 Å². The fraction of sp³-hybridized carbons (Fsp3) is 0.857. The number of carbonyl (C=O) groups excluding carboxylic acids is 1. The summed E-state index contributed by atoms with van der Waals surface area (Å²) in [5.74, 6) is -0.208. The first-order valence-electron chi connectivity index (χ1n) is 4.33. The molecule has 0 aromatic carbocycles. The number of carbonyl (C=O) groups is 1. The van der Waals surface area contributed by atoms with Crippen LogP contribution in [-0.4, -0.2) is 32.7 Å². The summed E-state index contributed by atoms with van der Waals surface area (Å²) in [7, 11) is -3.26. The molecule has 6 heteroatoms. The summed E-state index contributed by atoms with van der Waals surface area (Å²) < 4.78 is 24.6. The number of hydrogen-bond acceptors (Lipinski definition) is 3. The number of piperidine rings is 1. The predicted molar refractivity (Wildman–Crippen MR) is 48.6 cm³/mol. The van der Waals surface area contributed by atoms with Gasteiger partial charge in [-0.1, -0.05) is 0 Å². The van der Waals surface area contributed by atoms with E-state index in [0.29, 0.717) is 13.0 Å². The van der Waals surface area contributed by atoms with E-state index in [1.54, 1.807) is 6.92 Å². The summed E-state index contributed by atoms with van der Waals surface area (Å²) in [6.07, 6.45) is 1.41. The van der Waals surface area contributed by atoms with Gasteiger partial charge in [0.2, 0.25) is 15.9 Å². The molecule has 0 radical (unpaired) electrons. The first-order chi connectivity index (χ1) is 6.05. The zero-order valence-corrected chi connectivity index (χ0v) is 8.36. The van der Waals surface area contributed by atoms with Crippen LogP contribution in [0.2, 0.25) is 0 Å². The van der Waals surface area contributed by atoms with Crippen molar-refractivity contribution < 1.29 is 13.2 Å². The Kier molecular flexibility index (Phi) is 3.27. The minimum atomic E-state index is -3.26. The number of sulfonamides is 1. The van der Waals surface area contributed by atoms with E-state index in [1.807, 2.05) is 0 Å². The quantitative estimate of drug-likeness (QED) is 0.635. The Bertz CT molecular complexity index is 286. The Labute approximate surface area is 77.9 Å². The Morgan fingerprint density at radius 3 is 2.85 bits per heavy atom. The maximum Gasteiger partial charge on any atom is 0.238 e. The van der Waals surface area contributed by atoms with Crippen LogP contribution in [-0.2, 0) is 14.8 Å². The smallest absolute Gasteiger partial charge is 0.238 e. The van der Waals surface area contributed by atoms with Crippen LogP contribution >= 0.6 is 0 Å². The van der Waals surface area contributed by atoms with Gasteiger partial charge in [-0.3, -0.25) is 4.79 Å². The second kappa shape index (κ2) is 4.06. The SMILES string of the molecule is CCS(=O)(=O)NC1CCCNC1=O. The van der Waals surface area contributed by atoms with Gasteiger partial charge in [0.15, 0.2) is 0 Å². The molecule has 0 aliphatic carbocycles. The van der Waals surface area contributed by atoms with Crippen molar-refractivity contribution >= 4 is 15.9 Å². The van der Waals surface area contributed by atoms with Crippen molar-refractivity contribution in [3.05, 3.63) is 0 Å². The van der Waals surface area contributed by atoms with E-state index in [9.17, 15) is 13.2 Å². The molecule has 1 unspecified atom stereocenters. The lowest BCUT2D eigenvalue weighted by Gasteiger charge is -2.22. The Morgan fingerprint density at radius 2 is 2.31 bits per heavy atom. The number of rotatable bonds is 3. The van der Waals surface area contributed by atoms with Gasteiger partial charge < -0.3 is 5.32 Å². The predicted octanol–water partition coefficient (Wildman–Crippen LogP) is -0.796. The Hall–Kier alpha value is -0.620. The van der Waals surface area contributed by atoms with E-state index in [0.717, 1.165) is 6.42 Å². The van der Waals surface area contributed by atoms with E-state index < -0.39 is 16.1 Å². The van der Waals surface area contributed by atoms with Crippen molar-refractivity contribution in [1.29, 1.82) is 0 Å². The van der Waals surface area contributed by atoms with Gasteiger partial charge in [-0.2, -0.15) is 0 Å². The third kappa shape index (κ3) is 2.96. The summed E-state index contributed by atoms with van der Waals surface area (Å²) in [4.78, 5) is 11.1. The third-order valence-corrected chi connectivity index (χ3v) is 3.39. The lowest BCUT2D eigenvalue weighted by molar-refractivity contribution is -0.124. The standard InChI is InChI=1S/C7H14N2O3S/c1-2-13(11,12)9-6-4-3-5-8-7(6)10/h6,9H,2-5H2,1H3,(H,8,10). The molecule has 1 aliphatic heterocycles. The molecular weight excluding hydrogens is 192 g/mol. The van der Waals surface area contributed by atoms with Crippen molar-refractivity contribution in [2.75, 3.05) is 12.3 Å². The van der Waals surface area contributed by atoms with E-state index in [2.05, 4.69) is 10.0 Å². The molecule has 0 aromatic heterocycles. The largest absolute Gasteiger partial charge is 0.355 e. The first kappa shape index (κ1) is 10.5. The molecule has 0 bridgehead atoms. The second-order valence-electron chi connectivity index (χ2n) is 3.01. The third-order valence-electron chi connectivity index (χ3n) is 1.99. The summed E-state index contributed by atoms with van der Waals surface area (Å²) in [6.45, 7) is 2.19. The number of nitrogens with one attached hydrogen (secondary N) is 2. The van der Waals surface area contributed by atoms with Crippen molar-refractivity contribution in [2.24, 2.45) is 0 Å². The van der Waals surface area contributed by atoms with E-state index in [4.69, 9.17) is 0 Å². The van der Waals surface area contributed by atoms with Crippen molar-refractivity contribution in [3.63, 3.8) is 0 Å². The van der Waals surface area contributed by atoms with Crippen LogP contribution < -0.4 is 10.0 Å². The van der Waals surface area contributed by atoms with Gasteiger partial charge in [-0.05, 0) is 19.8 Å². The molecular formula is C7H14N2O3S. The van der Waals surface area contributed by atoms with Gasteiger partial charge in [0, 0.05) is 6.54 Å². The van der Waals surface area contributed by atoms with Crippen LogP contribution in [0.3, 0.4) is 0 Å². The van der Waals surface area contributed by atoms with E-state index in [-0.39, 0.29) is 11.7 Å². The van der Waals surface area contributed by atoms with Gasteiger partial charge in [-0.25, -0.2) is 13.1 Å². The Morgan fingerprint density at radius 1 is 1.62 bits per heavy atom. The normalized spacial score (nSPS) is 24.1. The summed E-state index contributed by atoms with van der Waals surface area (Å²) >= 11 is 0. The molecule has 1 aliphatic rings. The zero-order chi connectivity index (χ0) is 9.90. The number of amides is 1. The molecule has 76 valence electrons. The average Bonchev–Trinajstić information content (AvgIpc) is 2.09. The highest BCUT2D eigenvalue weighted by molar-refractivity contribution is 7.89. The molecule has 1 atom stereocenters. The second-order valence-corrected chi connectivity index (χ2v) is 5.05. The molecule has 0 saturated carbocycles. The van der Waals surface area contributed by atoms with Gasteiger partial charge in [0.1, 0.15) is 6.04 Å². The zero-order valence-electron chi connectivity index (χ0n) is 7.54. The van der Waals surface area contributed by atoms with Crippen molar-refractivity contribution in [2.45, 2.75) is 25.8 Å². The highest BCUT2D eigenvalue weighted by atomic mass is 32.2. The van der Waals surface area contributed by atoms with Crippen LogP contribution in [0, 0.1) is 0 Å². The highest BCUT2D eigenvalue weighted by Crippen LogP contribution is 2.04. The molecule has 13 heavy (non-hydrogen) atoms. The molecule has 2 N–H and O–H groups in total. The molecule has 0 aromatic rings. The average molecular weight is 206 g/mol. The number of hydrogen-bond donors (Lipinski definition) is 2. The van der Waals surface area contributed by atoms with Crippen LogP contribution in [0.1, 0.15) is 19.8 Å². The molecule has 1 heterocycles. The Balaban J connectivity index is 2.57. The lowest BCUT2D eigenvalue weighted by Crippen LogP contribution is -2.50. The highest BCUT2D eigenvalue weighted by Gasteiger charge is 2.25. The summed E-state index contributed by atoms with van der Waals surface area (Å²) in [5, 5.41) is 2.61. The summed E-state index contributed by atoms with van der Waals surface area (Å²) in [5.41, 5.74) is 0.